The zero-order valence-electron chi connectivity index (χ0n) is 14.4. The molecule has 0 bridgehead atoms. The summed E-state index contributed by atoms with van der Waals surface area (Å²) < 4.78 is 11.8. The van der Waals surface area contributed by atoms with Gasteiger partial charge in [-0.25, -0.2) is 9.98 Å². The van der Waals surface area contributed by atoms with Gasteiger partial charge in [-0.05, 0) is 31.4 Å². The largest absolute Gasteiger partial charge is 0.390 e. The number of aliphatic imine (C=N–C) groups is 1. The van der Waals surface area contributed by atoms with E-state index in [4.69, 9.17) is 15.2 Å². The quantitative estimate of drug-likeness (QED) is 0.456. The van der Waals surface area contributed by atoms with Gasteiger partial charge in [-0.15, -0.1) is 0 Å². The van der Waals surface area contributed by atoms with Crippen LogP contribution in [-0.4, -0.2) is 35.6 Å². The molecule has 0 aromatic carbocycles. The van der Waals surface area contributed by atoms with Crippen LogP contribution < -0.4 is 11.3 Å². The second-order valence-corrected chi connectivity index (χ2v) is 6.19. The predicted octanol–water partition coefficient (Wildman–Crippen LogP) is 2.58. The topological polar surface area (TPSA) is 103 Å². The number of nitrogens with zero attached hydrogens (tertiary/aromatic N) is 2. The molecule has 0 unspecified atom stereocenters. The molecular formula is C18H24N4O3. The summed E-state index contributed by atoms with van der Waals surface area (Å²) in [5.41, 5.74) is 6.64. The van der Waals surface area contributed by atoms with Gasteiger partial charge in [0.05, 0.1) is 25.2 Å². The second-order valence-electron chi connectivity index (χ2n) is 6.19. The Morgan fingerprint density at radius 1 is 1.48 bits per heavy atom. The Morgan fingerprint density at radius 2 is 2.36 bits per heavy atom. The van der Waals surface area contributed by atoms with Gasteiger partial charge in [-0.2, -0.15) is 0 Å². The van der Waals surface area contributed by atoms with Crippen molar-refractivity contribution in [2.75, 3.05) is 13.2 Å². The van der Waals surface area contributed by atoms with Crippen molar-refractivity contribution in [1.82, 2.24) is 9.97 Å². The molecular weight excluding hydrogens is 320 g/mol. The van der Waals surface area contributed by atoms with Gasteiger partial charge in [0.1, 0.15) is 5.65 Å². The van der Waals surface area contributed by atoms with Crippen molar-refractivity contribution in [3.63, 3.8) is 0 Å². The van der Waals surface area contributed by atoms with Crippen LogP contribution >= 0.6 is 0 Å². The third-order valence-electron chi connectivity index (χ3n) is 4.31. The van der Waals surface area contributed by atoms with E-state index in [9.17, 15) is 4.79 Å². The van der Waals surface area contributed by atoms with Crippen LogP contribution in [0.1, 0.15) is 44.3 Å². The maximum absolute atomic E-state index is 11.5. The van der Waals surface area contributed by atoms with Gasteiger partial charge in [-0.1, -0.05) is 13.3 Å². The van der Waals surface area contributed by atoms with E-state index in [0.29, 0.717) is 18.1 Å². The van der Waals surface area contributed by atoms with E-state index in [0.717, 1.165) is 43.2 Å². The Morgan fingerprint density at radius 3 is 3.16 bits per heavy atom. The number of rotatable bonds is 7. The highest BCUT2D eigenvalue weighted by Gasteiger charge is 2.29. The lowest BCUT2D eigenvalue weighted by Crippen LogP contribution is -2.15. The number of aromatic nitrogens is 2. The van der Waals surface area contributed by atoms with Crippen LogP contribution in [0.15, 0.2) is 28.0 Å². The average molecular weight is 344 g/mol. The van der Waals surface area contributed by atoms with Crippen molar-refractivity contribution in [2.45, 2.75) is 44.8 Å². The molecule has 0 radical (unpaired) electrons. The third-order valence-corrected chi connectivity index (χ3v) is 4.31. The van der Waals surface area contributed by atoms with Crippen LogP contribution in [0.5, 0.6) is 0 Å². The first-order chi connectivity index (χ1) is 12.2. The van der Waals surface area contributed by atoms with Crippen molar-refractivity contribution >= 4 is 23.2 Å². The zero-order valence-corrected chi connectivity index (χ0v) is 14.4. The van der Waals surface area contributed by atoms with E-state index in [1.54, 1.807) is 6.07 Å². The molecule has 7 nitrogen and oxygen atoms in total. The first kappa shape index (κ1) is 17.6. The van der Waals surface area contributed by atoms with E-state index < -0.39 is 0 Å². The molecule has 0 amide bonds. The number of hydrogen-bond acceptors (Lipinski definition) is 5. The first-order valence-electron chi connectivity index (χ1n) is 8.72. The molecule has 25 heavy (non-hydrogen) atoms. The molecule has 1 saturated heterocycles. The molecule has 134 valence electrons. The van der Waals surface area contributed by atoms with Crippen LogP contribution in [0.4, 0.5) is 5.82 Å². The molecule has 1 aliphatic rings. The molecule has 0 saturated carbocycles. The van der Waals surface area contributed by atoms with Gasteiger partial charge in [0.15, 0.2) is 5.82 Å². The fourth-order valence-corrected chi connectivity index (χ4v) is 3.02. The van der Waals surface area contributed by atoms with Gasteiger partial charge < -0.3 is 20.2 Å². The third kappa shape index (κ3) is 4.24. The standard InChI is InChI=1S/C18H24N4O3/c1-2-3-8-24-10-13-5-6-15(25-13)14-9-12-4-7-16(23)21-17(12)22-18(14)20-11-19/h4,7,9,11,13,15H,2-3,5-6,8,10H2,1H3,(H3,19,20,21,22,23)/t13-,15+/m0/s1. The van der Waals surface area contributed by atoms with Gasteiger partial charge in [-0.3, -0.25) is 4.79 Å². The van der Waals surface area contributed by atoms with Crippen LogP contribution in [0, 0.1) is 0 Å². The summed E-state index contributed by atoms with van der Waals surface area (Å²) in [5.74, 6) is 0.481. The Kier molecular flexibility index (Phi) is 5.78. The Hall–Kier alpha value is -2.25. The maximum atomic E-state index is 11.5. The van der Waals surface area contributed by atoms with Crippen LogP contribution in [0.25, 0.3) is 11.0 Å². The highest BCUT2D eigenvalue weighted by atomic mass is 16.5. The SMILES string of the molecule is CCCCOC[C@@H]1CC[C@H](c2cc3ccc(=O)[nH]c3nc2N=CN)O1. The molecule has 0 spiro atoms. The van der Waals surface area contributed by atoms with E-state index >= 15 is 0 Å². The number of ether oxygens (including phenoxy) is 2. The maximum Gasteiger partial charge on any atom is 0.249 e. The summed E-state index contributed by atoms with van der Waals surface area (Å²) in [5, 5.41) is 0.844. The van der Waals surface area contributed by atoms with E-state index in [-0.39, 0.29) is 17.8 Å². The first-order valence-corrected chi connectivity index (χ1v) is 8.72. The highest BCUT2D eigenvalue weighted by Crippen LogP contribution is 2.37. The molecule has 3 rings (SSSR count). The molecule has 3 heterocycles. The normalized spacial score (nSPS) is 20.7. The van der Waals surface area contributed by atoms with Crippen molar-refractivity contribution < 1.29 is 9.47 Å². The number of nitrogens with one attached hydrogen (secondary N) is 1. The molecule has 0 aliphatic carbocycles. The molecule has 7 heteroatoms. The second kappa shape index (κ2) is 8.22. The Labute approximate surface area is 146 Å². The number of hydrogen-bond donors (Lipinski definition) is 2. The minimum atomic E-state index is -0.197. The van der Waals surface area contributed by atoms with Crippen LogP contribution in [-0.2, 0) is 9.47 Å². The monoisotopic (exact) mass is 344 g/mol. The van der Waals surface area contributed by atoms with Crippen molar-refractivity contribution in [2.24, 2.45) is 10.7 Å². The number of H-pyrrole nitrogens is 1. The van der Waals surface area contributed by atoms with E-state index in [1.165, 1.54) is 12.4 Å². The minimum absolute atomic E-state index is 0.0860. The smallest absolute Gasteiger partial charge is 0.249 e. The molecule has 1 aliphatic heterocycles. The summed E-state index contributed by atoms with van der Waals surface area (Å²) in [4.78, 5) is 22.8. The number of fused-ring (bicyclic) bond motifs is 1. The summed E-state index contributed by atoms with van der Waals surface area (Å²) in [6.45, 7) is 3.53. The Balaban J connectivity index is 1.79. The number of unbranched alkanes of at least 4 members (excludes halogenated alkanes) is 1. The van der Waals surface area contributed by atoms with Gasteiger partial charge in [0.2, 0.25) is 5.56 Å². The van der Waals surface area contributed by atoms with Crippen molar-refractivity contribution in [3.05, 3.63) is 34.1 Å². The lowest BCUT2D eigenvalue weighted by atomic mass is 10.1. The highest BCUT2D eigenvalue weighted by molar-refractivity contribution is 5.78. The molecule has 3 N–H and O–H groups in total. The lowest BCUT2D eigenvalue weighted by molar-refractivity contribution is -0.0161. The fourth-order valence-electron chi connectivity index (χ4n) is 3.02. The average Bonchev–Trinajstić information content (AvgIpc) is 3.07. The van der Waals surface area contributed by atoms with Crippen LogP contribution in [0.3, 0.4) is 0 Å². The van der Waals surface area contributed by atoms with Crippen LogP contribution in [0.2, 0.25) is 0 Å². The number of nitrogens with two attached hydrogens (primary N) is 1. The number of aromatic amines is 1. The molecule has 2 aromatic heterocycles. The van der Waals surface area contributed by atoms with Gasteiger partial charge in [0.25, 0.3) is 0 Å². The summed E-state index contributed by atoms with van der Waals surface area (Å²) >= 11 is 0. The number of pyridine rings is 2. The lowest BCUT2D eigenvalue weighted by Gasteiger charge is -2.16. The molecule has 2 aromatic rings. The Bertz CT molecular complexity index is 802. The van der Waals surface area contributed by atoms with Crippen molar-refractivity contribution in [3.8, 4) is 0 Å². The summed E-state index contributed by atoms with van der Waals surface area (Å²) in [6, 6.07) is 5.20. The van der Waals surface area contributed by atoms with E-state index in [2.05, 4.69) is 21.9 Å². The van der Waals surface area contributed by atoms with Gasteiger partial charge in [0, 0.05) is 23.6 Å². The fraction of sp³-hybridized carbons (Fsp3) is 0.500. The van der Waals surface area contributed by atoms with Gasteiger partial charge >= 0.3 is 0 Å². The van der Waals surface area contributed by atoms with E-state index in [1.807, 2.05) is 6.07 Å². The zero-order chi connectivity index (χ0) is 17.6. The molecule has 2 atom stereocenters. The minimum Gasteiger partial charge on any atom is -0.390 e. The summed E-state index contributed by atoms with van der Waals surface area (Å²) in [7, 11) is 0. The summed E-state index contributed by atoms with van der Waals surface area (Å²) in [6.07, 6.45) is 5.21. The van der Waals surface area contributed by atoms with Crippen molar-refractivity contribution in [1.29, 1.82) is 0 Å². The predicted molar refractivity (Wildman–Crippen MR) is 97.3 cm³/mol. The molecule has 1 fully saturated rings.